The van der Waals surface area contributed by atoms with Crippen LogP contribution in [0.3, 0.4) is 0 Å². The Hall–Kier alpha value is -1.02. The Bertz CT molecular complexity index is 612. The third-order valence-corrected chi connectivity index (χ3v) is 4.42. The van der Waals surface area contributed by atoms with E-state index in [1.54, 1.807) is 12.1 Å². The van der Waals surface area contributed by atoms with E-state index in [0.717, 1.165) is 5.56 Å². The van der Waals surface area contributed by atoms with Crippen molar-refractivity contribution < 1.29 is 5.11 Å². The molecule has 0 aliphatic heterocycles. The predicted octanol–water partition coefficient (Wildman–Crippen LogP) is 5.57. The van der Waals surface area contributed by atoms with Gasteiger partial charge in [0.05, 0.1) is 16.1 Å². The SMILES string of the molecule is CC(C)(C)c1ccc(CC(O)c2cccc(Cl)c2Cl)cc1. The minimum atomic E-state index is -0.656. The van der Waals surface area contributed by atoms with Crippen molar-refractivity contribution in [1.82, 2.24) is 0 Å². The lowest BCUT2D eigenvalue weighted by Gasteiger charge is -2.19. The van der Waals surface area contributed by atoms with E-state index in [9.17, 15) is 5.11 Å². The van der Waals surface area contributed by atoms with Gasteiger partial charge in [0, 0.05) is 12.0 Å². The molecule has 0 aliphatic rings. The summed E-state index contributed by atoms with van der Waals surface area (Å²) < 4.78 is 0. The molecule has 0 bridgehead atoms. The first-order valence-corrected chi connectivity index (χ1v) is 7.76. The van der Waals surface area contributed by atoms with Crippen LogP contribution in [0.1, 0.15) is 43.6 Å². The second-order valence-electron chi connectivity index (χ2n) is 6.31. The molecule has 0 amide bonds. The molecule has 0 heterocycles. The Morgan fingerprint density at radius 1 is 1.00 bits per heavy atom. The first-order valence-electron chi connectivity index (χ1n) is 7.00. The molecule has 0 aromatic heterocycles. The summed E-state index contributed by atoms with van der Waals surface area (Å²) in [5.41, 5.74) is 3.16. The molecule has 0 spiro atoms. The summed E-state index contributed by atoms with van der Waals surface area (Å²) in [5.74, 6) is 0. The van der Waals surface area contributed by atoms with Crippen LogP contribution < -0.4 is 0 Å². The molecule has 0 saturated carbocycles. The zero-order valence-electron chi connectivity index (χ0n) is 12.5. The number of rotatable bonds is 3. The lowest BCUT2D eigenvalue weighted by atomic mass is 9.86. The minimum absolute atomic E-state index is 0.132. The number of hydrogen-bond donors (Lipinski definition) is 1. The average Bonchev–Trinajstić information content (AvgIpc) is 2.41. The Labute approximate surface area is 136 Å². The van der Waals surface area contributed by atoms with Crippen molar-refractivity contribution in [2.24, 2.45) is 0 Å². The van der Waals surface area contributed by atoms with Crippen LogP contribution in [-0.4, -0.2) is 5.11 Å². The first-order chi connectivity index (χ1) is 9.79. The molecule has 21 heavy (non-hydrogen) atoms. The molecular weight excluding hydrogens is 303 g/mol. The summed E-state index contributed by atoms with van der Waals surface area (Å²) in [4.78, 5) is 0. The van der Waals surface area contributed by atoms with Crippen LogP contribution >= 0.6 is 23.2 Å². The van der Waals surface area contributed by atoms with E-state index in [1.807, 2.05) is 6.07 Å². The van der Waals surface area contributed by atoms with Gasteiger partial charge in [-0.1, -0.05) is 80.4 Å². The smallest absolute Gasteiger partial charge is 0.0845 e. The van der Waals surface area contributed by atoms with Gasteiger partial charge >= 0.3 is 0 Å². The predicted molar refractivity (Wildman–Crippen MR) is 90.3 cm³/mol. The van der Waals surface area contributed by atoms with Crippen molar-refractivity contribution in [2.75, 3.05) is 0 Å². The largest absolute Gasteiger partial charge is 0.388 e. The molecule has 112 valence electrons. The lowest BCUT2D eigenvalue weighted by molar-refractivity contribution is 0.178. The molecule has 2 rings (SSSR count). The average molecular weight is 323 g/mol. The van der Waals surface area contributed by atoms with Crippen molar-refractivity contribution in [1.29, 1.82) is 0 Å². The summed E-state index contributed by atoms with van der Waals surface area (Å²) >= 11 is 12.1. The third kappa shape index (κ3) is 4.00. The van der Waals surface area contributed by atoms with Gasteiger partial charge in [-0.2, -0.15) is 0 Å². The maximum absolute atomic E-state index is 10.4. The van der Waals surface area contributed by atoms with E-state index in [1.165, 1.54) is 5.56 Å². The maximum atomic E-state index is 10.4. The van der Waals surface area contributed by atoms with Gasteiger partial charge in [-0.25, -0.2) is 0 Å². The summed E-state index contributed by atoms with van der Waals surface area (Å²) in [6.07, 6.45) is -0.138. The van der Waals surface area contributed by atoms with Crippen molar-refractivity contribution in [3.63, 3.8) is 0 Å². The van der Waals surface area contributed by atoms with Crippen LogP contribution in [0, 0.1) is 0 Å². The molecule has 3 heteroatoms. The minimum Gasteiger partial charge on any atom is -0.388 e. The van der Waals surface area contributed by atoms with Gasteiger partial charge in [0.1, 0.15) is 0 Å². The van der Waals surface area contributed by atoms with Gasteiger partial charge in [0.2, 0.25) is 0 Å². The zero-order chi connectivity index (χ0) is 15.6. The second kappa shape index (κ2) is 6.39. The third-order valence-electron chi connectivity index (χ3n) is 3.59. The quantitative estimate of drug-likeness (QED) is 0.783. The van der Waals surface area contributed by atoms with Crippen molar-refractivity contribution >= 4 is 23.2 Å². The summed E-state index contributed by atoms with van der Waals surface area (Å²) in [6, 6.07) is 13.7. The molecular formula is C18H20Cl2O. The van der Waals surface area contributed by atoms with Crippen LogP contribution in [0.2, 0.25) is 10.0 Å². The molecule has 1 unspecified atom stereocenters. The van der Waals surface area contributed by atoms with Gasteiger partial charge < -0.3 is 5.11 Å². The highest BCUT2D eigenvalue weighted by Crippen LogP contribution is 2.31. The van der Waals surface area contributed by atoms with Crippen LogP contribution in [0.4, 0.5) is 0 Å². The molecule has 0 fully saturated rings. The topological polar surface area (TPSA) is 20.2 Å². The van der Waals surface area contributed by atoms with Crippen LogP contribution in [0.25, 0.3) is 0 Å². The number of halogens is 2. The molecule has 2 aromatic carbocycles. The van der Waals surface area contributed by atoms with Crippen molar-refractivity contribution in [2.45, 2.75) is 38.7 Å². The van der Waals surface area contributed by atoms with E-state index in [4.69, 9.17) is 23.2 Å². The summed E-state index contributed by atoms with van der Waals surface area (Å²) in [6.45, 7) is 6.55. The van der Waals surface area contributed by atoms with Crippen molar-refractivity contribution in [3.8, 4) is 0 Å². The van der Waals surface area contributed by atoms with E-state index in [0.29, 0.717) is 22.0 Å². The second-order valence-corrected chi connectivity index (χ2v) is 7.10. The molecule has 2 aromatic rings. The van der Waals surface area contributed by atoms with Crippen LogP contribution in [0.15, 0.2) is 42.5 Å². The Morgan fingerprint density at radius 3 is 2.19 bits per heavy atom. The monoisotopic (exact) mass is 322 g/mol. The lowest BCUT2D eigenvalue weighted by Crippen LogP contribution is -2.11. The Balaban J connectivity index is 2.16. The highest BCUT2D eigenvalue weighted by Gasteiger charge is 2.16. The summed E-state index contributed by atoms with van der Waals surface area (Å²) in [7, 11) is 0. The first kappa shape index (κ1) is 16.4. The zero-order valence-corrected chi connectivity index (χ0v) is 14.0. The van der Waals surface area contributed by atoms with E-state index >= 15 is 0 Å². The fourth-order valence-electron chi connectivity index (χ4n) is 2.25. The van der Waals surface area contributed by atoms with Gasteiger partial charge in [-0.15, -0.1) is 0 Å². The van der Waals surface area contributed by atoms with E-state index in [-0.39, 0.29) is 5.41 Å². The normalized spacial score (nSPS) is 13.2. The molecule has 0 aliphatic carbocycles. The molecule has 0 radical (unpaired) electrons. The fourth-order valence-corrected chi connectivity index (χ4v) is 2.69. The fraction of sp³-hybridized carbons (Fsp3) is 0.333. The van der Waals surface area contributed by atoms with Crippen LogP contribution in [-0.2, 0) is 11.8 Å². The van der Waals surface area contributed by atoms with Gasteiger partial charge in [0.15, 0.2) is 0 Å². The molecule has 1 atom stereocenters. The number of aliphatic hydroxyl groups is 1. The highest BCUT2D eigenvalue weighted by atomic mass is 35.5. The molecule has 1 N–H and O–H groups in total. The van der Waals surface area contributed by atoms with Gasteiger partial charge in [-0.3, -0.25) is 0 Å². The van der Waals surface area contributed by atoms with Gasteiger partial charge in [-0.05, 0) is 22.6 Å². The van der Waals surface area contributed by atoms with Crippen LogP contribution in [0.5, 0.6) is 0 Å². The van der Waals surface area contributed by atoms with Gasteiger partial charge in [0.25, 0.3) is 0 Å². The number of aliphatic hydroxyl groups excluding tert-OH is 1. The van der Waals surface area contributed by atoms with E-state index in [2.05, 4.69) is 45.0 Å². The Kier molecular flexibility index (Phi) is 4.98. The number of hydrogen-bond acceptors (Lipinski definition) is 1. The summed E-state index contributed by atoms with van der Waals surface area (Å²) in [5, 5.41) is 11.3. The maximum Gasteiger partial charge on any atom is 0.0845 e. The number of benzene rings is 2. The highest BCUT2D eigenvalue weighted by molar-refractivity contribution is 6.42. The molecule has 0 saturated heterocycles. The molecule has 1 nitrogen and oxygen atoms in total. The van der Waals surface area contributed by atoms with Crippen molar-refractivity contribution in [3.05, 3.63) is 69.2 Å². The Morgan fingerprint density at radius 2 is 1.62 bits per heavy atom. The van der Waals surface area contributed by atoms with E-state index < -0.39 is 6.10 Å². The standard InChI is InChI=1S/C18H20Cl2O/c1-18(2,3)13-9-7-12(8-10-13)11-16(21)14-5-4-6-15(19)17(14)20/h4-10,16,21H,11H2,1-3H3.